The van der Waals surface area contributed by atoms with Gasteiger partial charge in [0.15, 0.2) is 0 Å². The molecule has 9 heteroatoms. The summed E-state index contributed by atoms with van der Waals surface area (Å²) in [5.74, 6) is 1.59. The maximum atomic E-state index is 13.8. The first-order valence-electron chi connectivity index (χ1n) is 15.3. The molecule has 0 unspecified atom stereocenters. The third kappa shape index (κ3) is 4.80. The van der Waals surface area contributed by atoms with E-state index in [9.17, 15) is 4.79 Å². The maximum absolute atomic E-state index is 13.8. The largest absolute Gasteiger partial charge is 0.496 e. The van der Waals surface area contributed by atoms with E-state index in [0.29, 0.717) is 23.4 Å². The molecule has 0 spiro atoms. The van der Waals surface area contributed by atoms with Crippen LogP contribution in [0.3, 0.4) is 0 Å². The van der Waals surface area contributed by atoms with Crippen LogP contribution in [-0.2, 0) is 6.42 Å². The van der Waals surface area contributed by atoms with E-state index in [2.05, 4.69) is 39.6 Å². The van der Waals surface area contributed by atoms with Crippen molar-refractivity contribution in [1.82, 2.24) is 29.5 Å². The highest BCUT2D eigenvalue weighted by Gasteiger charge is 2.34. The SMILES string of the molecule is COc1cc(-n2nc(-c3cccnc3)c3c2C2=C(CC3)N(C)CS2)ccc1C(=O)N1CCC(N(C)C2CCCC2)CC1. The molecule has 1 aromatic carbocycles. The number of hydrogen-bond acceptors (Lipinski definition) is 7. The number of fused-ring (bicyclic) bond motifs is 2. The average molecular weight is 585 g/mol. The van der Waals surface area contributed by atoms with Gasteiger partial charge in [0, 0.05) is 67.5 Å². The average Bonchev–Trinajstić information content (AvgIpc) is 3.80. The monoisotopic (exact) mass is 584 g/mol. The standard InChI is InChI=1S/C33H40N6O2S/c1-36-21-42-32-28(36)13-12-27-30(22-7-6-16-34-20-22)35-39(31(27)32)25-10-11-26(29(19-25)41-3)33(40)38-17-14-24(15-18-38)37(2)23-8-4-5-9-23/h6-7,10-11,16,19-20,23-24H,4-5,8-9,12-15,17-18,21H2,1-3H3. The number of carbonyl (C=O) groups excluding carboxylic acids is 1. The fourth-order valence-electron chi connectivity index (χ4n) is 7.34. The van der Waals surface area contributed by atoms with Crippen LogP contribution in [0.4, 0.5) is 0 Å². The number of ether oxygens (including phenoxy) is 1. The third-order valence-electron chi connectivity index (χ3n) is 9.76. The fraction of sp³-hybridized carbons (Fsp3) is 0.485. The first-order chi connectivity index (χ1) is 20.5. The predicted molar refractivity (Wildman–Crippen MR) is 168 cm³/mol. The van der Waals surface area contributed by atoms with Crippen molar-refractivity contribution in [2.75, 3.05) is 40.2 Å². The Kier molecular flexibility index (Phi) is 7.48. The lowest BCUT2D eigenvalue weighted by Crippen LogP contribution is -2.48. The molecule has 0 bridgehead atoms. The van der Waals surface area contributed by atoms with E-state index in [4.69, 9.17) is 9.84 Å². The Hall–Kier alpha value is -3.30. The smallest absolute Gasteiger partial charge is 0.257 e. The normalized spacial score (nSPS) is 19.5. The first-order valence-corrected chi connectivity index (χ1v) is 16.3. The minimum Gasteiger partial charge on any atom is -0.496 e. The van der Waals surface area contributed by atoms with Crippen molar-refractivity contribution in [3.05, 3.63) is 65.2 Å². The summed E-state index contributed by atoms with van der Waals surface area (Å²) in [7, 11) is 6.11. The summed E-state index contributed by atoms with van der Waals surface area (Å²) in [5, 5.41) is 5.17. The lowest BCUT2D eigenvalue weighted by molar-refractivity contribution is 0.0597. The number of piperidine rings is 1. The number of likely N-dealkylation sites (tertiary alicyclic amines) is 1. The van der Waals surface area contributed by atoms with E-state index in [0.717, 1.165) is 67.3 Å². The van der Waals surface area contributed by atoms with Crippen molar-refractivity contribution in [3.63, 3.8) is 0 Å². The molecular formula is C33H40N6O2S. The van der Waals surface area contributed by atoms with Gasteiger partial charge in [0.2, 0.25) is 0 Å². The Morgan fingerprint density at radius 3 is 2.60 bits per heavy atom. The van der Waals surface area contributed by atoms with E-state index >= 15 is 0 Å². The highest BCUT2D eigenvalue weighted by atomic mass is 32.2. The van der Waals surface area contributed by atoms with Crippen LogP contribution in [0.2, 0.25) is 0 Å². The molecule has 0 N–H and O–H groups in total. The summed E-state index contributed by atoms with van der Waals surface area (Å²) in [6.45, 7) is 1.57. The number of pyridine rings is 1. The summed E-state index contributed by atoms with van der Waals surface area (Å²) in [6, 6.07) is 11.2. The lowest BCUT2D eigenvalue weighted by Gasteiger charge is -2.39. The number of methoxy groups -OCH3 is 1. The number of benzene rings is 1. The molecule has 2 aromatic heterocycles. The number of nitrogens with zero attached hydrogens (tertiary/aromatic N) is 6. The van der Waals surface area contributed by atoms with Crippen molar-refractivity contribution in [2.24, 2.45) is 0 Å². The summed E-state index contributed by atoms with van der Waals surface area (Å²) in [5.41, 5.74) is 7.31. The van der Waals surface area contributed by atoms with E-state index < -0.39 is 0 Å². The van der Waals surface area contributed by atoms with Gasteiger partial charge in [-0.3, -0.25) is 9.78 Å². The van der Waals surface area contributed by atoms with Gasteiger partial charge in [0.05, 0.1) is 40.5 Å². The van der Waals surface area contributed by atoms with Crippen molar-refractivity contribution in [1.29, 1.82) is 0 Å². The number of aromatic nitrogens is 3. The highest BCUT2D eigenvalue weighted by Crippen LogP contribution is 2.48. The van der Waals surface area contributed by atoms with Crippen LogP contribution in [-0.4, -0.2) is 87.6 Å². The summed E-state index contributed by atoms with van der Waals surface area (Å²) in [6.07, 6.45) is 13.0. The third-order valence-corrected chi connectivity index (χ3v) is 11.0. The zero-order valence-electron chi connectivity index (χ0n) is 24.9. The minimum absolute atomic E-state index is 0.0527. The van der Waals surface area contributed by atoms with Gasteiger partial charge in [-0.05, 0) is 69.8 Å². The van der Waals surface area contributed by atoms with E-state index in [-0.39, 0.29) is 5.91 Å². The number of rotatable bonds is 6. The number of hydrogen-bond donors (Lipinski definition) is 0. The van der Waals surface area contributed by atoms with Crippen molar-refractivity contribution < 1.29 is 9.53 Å². The molecule has 42 heavy (non-hydrogen) atoms. The molecule has 0 atom stereocenters. The Morgan fingerprint density at radius 2 is 1.86 bits per heavy atom. The number of amides is 1. The minimum atomic E-state index is 0.0527. The maximum Gasteiger partial charge on any atom is 0.257 e. The molecule has 1 amide bonds. The Morgan fingerprint density at radius 1 is 1.07 bits per heavy atom. The van der Waals surface area contributed by atoms with Crippen LogP contribution < -0.4 is 4.74 Å². The zero-order valence-corrected chi connectivity index (χ0v) is 25.7. The van der Waals surface area contributed by atoms with Gasteiger partial charge in [-0.15, -0.1) is 11.8 Å². The summed E-state index contributed by atoms with van der Waals surface area (Å²) < 4.78 is 7.91. The van der Waals surface area contributed by atoms with E-state index in [1.54, 1.807) is 13.3 Å². The van der Waals surface area contributed by atoms with Crippen LogP contribution in [0.1, 0.15) is 66.6 Å². The molecule has 220 valence electrons. The molecule has 2 fully saturated rings. The summed E-state index contributed by atoms with van der Waals surface area (Å²) in [4.78, 5) is 26.4. The van der Waals surface area contributed by atoms with Gasteiger partial charge in [-0.2, -0.15) is 5.10 Å². The molecule has 1 saturated heterocycles. The van der Waals surface area contributed by atoms with Gasteiger partial charge in [-0.25, -0.2) is 4.68 Å². The second kappa shape index (κ2) is 11.4. The molecule has 0 radical (unpaired) electrons. The molecule has 4 heterocycles. The van der Waals surface area contributed by atoms with Crippen molar-refractivity contribution in [2.45, 2.75) is 63.5 Å². The molecule has 4 aliphatic rings. The predicted octanol–water partition coefficient (Wildman–Crippen LogP) is 5.67. The second-order valence-electron chi connectivity index (χ2n) is 12.1. The van der Waals surface area contributed by atoms with Gasteiger partial charge >= 0.3 is 0 Å². The van der Waals surface area contributed by atoms with E-state index in [1.165, 1.54) is 41.8 Å². The lowest BCUT2D eigenvalue weighted by atomic mass is 9.96. The van der Waals surface area contributed by atoms with Crippen LogP contribution in [0.5, 0.6) is 5.75 Å². The molecule has 8 nitrogen and oxygen atoms in total. The molecule has 1 saturated carbocycles. The highest BCUT2D eigenvalue weighted by molar-refractivity contribution is 8.08. The molecule has 3 aromatic rings. The van der Waals surface area contributed by atoms with Gasteiger partial charge in [0.25, 0.3) is 5.91 Å². The van der Waals surface area contributed by atoms with Gasteiger partial charge in [0.1, 0.15) is 5.75 Å². The van der Waals surface area contributed by atoms with E-state index in [1.807, 2.05) is 47.1 Å². The zero-order chi connectivity index (χ0) is 28.8. The van der Waals surface area contributed by atoms with Crippen molar-refractivity contribution in [3.8, 4) is 22.7 Å². The quantitative estimate of drug-likeness (QED) is 0.370. The topological polar surface area (TPSA) is 66.7 Å². The van der Waals surface area contributed by atoms with Gasteiger partial charge in [-0.1, -0.05) is 12.8 Å². The molecule has 7 rings (SSSR count). The fourth-order valence-corrected chi connectivity index (χ4v) is 8.58. The Labute approximate surface area is 252 Å². The first kappa shape index (κ1) is 27.5. The Balaban J connectivity index is 1.18. The van der Waals surface area contributed by atoms with Crippen LogP contribution in [0.15, 0.2) is 48.4 Å². The van der Waals surface area contributed by atoms with Crippen LogP contribution in [0, 0.1) is 0 Å². The van der Waals surface area contributed by atoms with Crippen molar-refractivity contribution >= 4 is 22.6 Å². The van der Waals surface area contributed by atoms with Gasteiger partial charge < -0.3 is 19.4 Å². The Bertz CT molecular complexity index is 1500. The van der Waals surface area contributed by atoms with Crippen LogP contribution in [0.25, 0.3) is 21.8 Å². The molecule has 2 aliphatic heterocycles. The summed E-state index contributed by atoms with van der Waals surface area (Å²) >= 11 is 1.87. The second-order valence-corrected chi connectivity index (χ2v) is 13.0. The molecular weight excluding hydrogens is 544 g/mol. The number of allylic oxidation sites excluding steroid dienone is 1. The number of carbonyl (C=O) groups is 1. The molecule has 2 aliphatic carbocycles. The number of thioether (sulfide) groups is 1. The van der Waals surface area contributed by atoms with Crippen LogP contribution >= 0.6 is 11.8 Å².